The minimum atomic E-state index is -0.949. The van der Waals surface area contributed by atoms with Crippen molar-refractivity contribution in [1.82, 2.24) is 9.78 Å². The molecule has 0 spiro atoms. The van der Waals surface area contributed by atoms with Crippen molar-refractivity contribution < 1.29 is 19.4 Å². The molecule has 0 bridgehead atoms. The van der Waals surface area contributed by atoms with E-state index in [0.717, 1.165) is 5.56 Å². The smallest absolute Gasteiger partial charge is 0.348 e. The number of carboxylic acids is 1. The van der Waals surface area contributed by atoms with Gasteiger partial charge in [0.25, 0.3) is 0 Å². The first-order valence-electron chi connectivity index (χ1n) is 7.78. The van der Waals surface area contributed by atoms with Crippen molar-refractivity contribution in [2.24, 2.45) is 0 Å². The molecule has 1 N–H and O–H groups in total. The third-order valence-electron chi connectivity index (χ3n) is 3.38. The predicted molar refractivity (Wildman–Crippen MR) is 95.1 cm³/mol. The molecule has 1 aromatic heterocycles. The Kier molecular flexibility index (Phi) is 6.53. The summed E-state index contributed by atoms with van der Waals surface area (Å²) in [4.78, 5) is 22.6. The van der Waals surface area contributed by atoms with E-state index in [4.69, 9.17) is 21.4 Å². The summed E-state index contributed by atoms with van der Waals surface area (Å²) in [6.45, 7) is 1.96. The van der Waals surface area contributed by atoms with Crippen LogP contribution in [0.25, 0.3) is 17.3 Å². The lowest BCUT2D eigenvalue weighted by atomic mass is 10.1. The molecule has 0 fully saturated rings. The summed E-state index contributed by atoms with van der Waals surface area (Å²) in [6, 6.07) is 8.70. The molecule has 0 radical (unpaired) electrons. The van der Waals surface area contributed by atoms with Gasteiger partial charge >= 0.3 is 11.9 Å². The number of ether oxygens (including phenoxy) is 1. The molecule has 0 aliphatic rings. The van der Waals surface area contributed by atoms with Crippen LogP contribution >= 0.6 is 11.6 Å². The van der Waals surface area contributed by atoms with Crippen molar-refractivity contribution >= 4 is 29.6 Å². The fourth-order valence-corrected chi connectivity index (χ4v) is 2.33. The number of carbonyl (C=O) groups excluding carboxylic acids is 1. The second kappa shape index (κ2) is 8.83. The maximum Gasteiger partial charge on any atom is 0.348 e. The standard InChI is InChI=1S/C18H16ClN3O4/c1-2-26-18(25)13(10-20)9-14-11-22(8-7-16(23)24)21-17(14)12-3-5-15(19)6-4-12/h3-6,9,11H,2,7-8H2,1H3,(H,23,24)/b13-9-. The van der Waals surface area contributed by atoms with Crippen LogP contribution < -0.4 is 0 Å². The molecule has 7 nitrogen and oxygen atoms in total. The minimum Gasteiger partial charge on any atom is -0.481 e. The van der Waals surface area contributed by atoms with Gasteiger partial charge in [0.2, 0.25) is 0 Å². The highest BCUT2D eigenvalue weighted by Gasteiger charge is 2.15. The first-order chi connectivity index (χ1) is 12.4. The molecule has 1 aromatic carbocycles. The maximum absolute atomic E-state index is 11.9. The van der Waals surface area contributed by atoms with Crippen molar-refractivity contribution in [3.05, 3.63) is 46.6 Å². The highest BCUT2D eigenvalue weighted by molar-refractivity contribution is 6.30. The molecule has 0 amide bonds. The van der Waals surface area contributed by atoms with E-state index >= 15 is 0 Å². The van der Waals surface area contributed by atoms with Gasteiger partial charge in [-0.2, -0.15) is 10.4 Å². The number of carbonyl (C=O) groups is 2. The highest BCUT2D eigenvalue weighted by Crippen LogP contribution is 2.26. The Bertz CT molecular complexity index is 879. The molecule has 0 aliphatic heterocycles. The van der Waals surface area contributed by atoms with Gasteiger partial charge in [-0.15, -0.1) is 0 Å². The highest BCUT2D eigenvalue weighted by atomic mass is 35.5. The van der Waals surface area contributed by atoms with Crippen molar-refractivity contribution in [3.63, 3.8) is 0 Å². The summed E-state index contributed by atoms with van der Waals surface area (Å²) in [7, 11) is 0. The van der Waals surface area contributed by atoms with E-state index in [1.807, 2.05) is 6.07 Å². The van der Waals surface area contributed by atoms with Crippen LogP contribution in [0.2, 0.25) is 5.02 Å². The number of halogens is 1. The van der Waals surface area contributed by atoms with Crippen molar-refractivity contribution in [2.75, 3.05) is 6.61 Å². The number of aliphatic carboxylic acids is 1. The lowest BCUT2D eigenvalue weighted by molar-refractivity contribution is -0.138. The molecule has 2 aromatic rings. The molecule has 0 unspecified atom stereocenters. The molecule has 0 saturated heterocycles. The number of esters is 1. The number of nitriles is 1. The second-order valence-corrected chi connectivity index (χ2v) is 5.67. The van der Waals surface area contributed by atoms with E-state index in [1.165, 1.54) is 10.8 Å². The number of benzene rings is 1. The molecule has 0 saturated carbocycles. The normalized spacial score (nSPS) is 11.0. The summed E-state index contributed by atoms with van der Waals surface area (Å²) in [6.07, 6.45) is 2.86. The summed E-state index contributed by atoms with van der Waals surface area (Å²) in [5, 5.41) is 23.0. The summed E-state index contributed by atoms with van der Waals surface area (Å²) in [5.74, 6) is -1.68. The van der Waals surface area contributed by atoms with Crippen LogP contribution in [-0.2, 0) is 20.9 Å². The molecule has 0 aliphatic carbocycles. The molecule has 0 atom stereocenters. The zero-order chi connectivity index (χ0) is 19.1. The van der Waals surface area contributed by atoms with Gasteiger partial charge in [0.1, 0.15) is 11.6 Å². The summed E-state index contributed by atoms with van der Waals surface area (Å²) in [5.41, 5.74) is 1.56. The lowest BCUT2D eigenvalue weighted by Gasteiger charge is -2.01. The van der Waals surface area contributed by atoms with Crippen molar-refractivity contribution in [2.45, 2.75) is 19.9 Å². The fourth-order valence-electron chi connectivity index (χ4n) is 2.20. The predicted octanol–water partition coefficient (Wildman–Crippen LogP) is 3.15. The Morgan fingerprint density at radius 3 is 2.65 bits per heavy atom. The fraction of sp³-hybridized carbons (Fsp3) is 0.222. The number of carboxylic acid groups (broad SMARTS) is 1. The third kappa shape index (κ3) is 4.94. The molecular weight excluding hydrogens is 358 g/mol. The van der Waals surface area contributed by atoms with Crippen molar-refractivity contribution in [3.8, 4) is 17.3 Å². The maximum atomic E-state index is 11.9. The van der Waals surface area contributed by atoms with Gasteiger partial charge in [-0.3, -0.25) is 9.48 Å². The van der Waals surface area contributed by atoms with Crippen LogP contribution in [0.5, 0.6) is 0 Å². The van der Waals surface area contributed by atoms with Gasteiger partial charge in [-0.05, 0) is 25.1 Å². The van der Waals surface area contributed by atoms with Crippen LogP contribution in [0.3, 0.4) is 0 Å². The second-order valence-electron chi connectivity index (χ2n) is 5.24. The monoisotopic (exact) mass is 373 g/mol. The number of aryl methyl sites for hydroxylation is 1. The Balaban J connectivity index is 2.47. The largest absolute Gasteiger partial charge is 0.481 e. The van der Waals surface area contributed by atoms with E-state index in [-0.39, 0.29) is 25.1 Å². The van der Waals surface area contributed by atoms with E-state index < -0.39 is 11.9 Å². The van der Waals surface area contributed by atoms with Gasteiger partial charge in [0.15, 0.2) is 0 Å². The molecule has 2 rings (SSSR count). The van der Waals surface area contributed by atoms with E-state index in [9.17, 15) is 14.9 Å². The topological polar surface area (TPSA) is 105 Å². The van der Waals surface area contributed by atoms with Crippen LogP contribution in [-0.4, -0.2) is 33.4 Å². The van der Waals surface area contributed by atoms with E-state index in [0.29, 0.717) is 16.3 Å². The van der Waals surface area contributed by atoms with Crippen LogP contribution in [0.4, 0.5) is 0 Å². The molecular formula is C18H16ClN3O4. The molecule has 26 heavy (non-hydrogen) atoms. The minimum absolute atomic E-state index is 0.103. The Morgan fingerprint density at radius 1 is 1.38 bits per heavy atom. The van der Waals surface area contributed by atoms with E-state index in [1.54, 1.807) is 37.4 Å². The quantitative estimate of drug-likeness (QED) is 0.454. The van der Waals surface area contributed by atoms with Crippen LogP contribution in [0, 0.1) is 11.3 Å². The zero-order valence-electron chi connectivity index (χ0n) is 14.0. The van der Waals surface area contributed by atoms with Crippen LogP contribution in [0.15, 0.2) is 36.0 Å². The van der Waals surface area contributed by atoms with Gasteiger partial charge in [0, 0.05) is 22.3 Å². The Labute approximate surface area is 155 Å². The lowest BCUT2D eigenvalue weighted by Crippen LogP contribution is -2.06. The first kappa shape index (κ1) is 19.2. The van der Waals surface area contributed by atoms with Crippen LogP contribution in [0.1, 0.15) is 18.9 Å². The Hall–Kier alpha value is -3.11. The summed E-state index contributed by atoms with van der Waals surface area (Å²) < 4.78 is 6.32. The molecule has 134 valence electrons. The average Bonchev–Trinajstić information content (AvgIpc) is 3.01. The number of hydrogen-bond donors (Lipinski definition) is 1. The molecule has 1 heterocycles. The summed E-state index contributed by atoms with van der Waals surface area (Å²) >= 11 is 5.90. The average molecular weight is 374 g/mol. The number of rotatable bonds is 7. The van der Waals surface area contributed by atoms with Crippen molar-refractivity contribution in [1.29, 1.82) is 5.26 Å². The number of hydrogen-bond acceptors (Lipinski definition) is 5. The third-order valence-corrected chi connectivity index (χ3v) is 3.63. The van der Waals surface area contributed by atoms with Gasteiger partial charge in [-0.1, -0.05) is 23.7 Å². The van der Waals surface area contributed by atoms with Gasteiger partial charge < -0.3 is 9.84 Å². The number of aromatic nitrogens is 2. The SMILES string of the molecule is CCOC(=O)/C(C#N)=C\c1cn(CCC(=O)O)nc1-c1ccc(Cl)cc1. The Morgan fingerprint density at radius 2 is 2.08 bits per heavy atom. The molecule has 8 heteroatoms. The van der Waals surface area contributed by atoms with Gasteiger partial charge in [-0.25, -0.2) is 4.79 Å². The number of nitrogens with zero attached hydrogens (tertiary/aromatic N) is 3. The van der Waals surface area contributed by atoms with Gasteiger partial charge in [0.05, 0.1) is 25.3 Å². The zero-order valence-corrected chi connectivity index (χ0v) is 14.7. The first-order valence-corrected chi connectivity index (χ1v) is 8.16. The van der Waals surface area contributed by atoms with E-state index in [2.05, 4.69) is 5.10 Å².